The van der Waals surface area contributed by atoms with Crippen LogP contribution in [0.5, 0.6) is 0 Å². The van der Waals surface area contributed by atoms with Gasteiger partial charge in [0, 0.05) is 62.2 Å². The summed E-state index contributed by atoms with van der Waals surface area (Å²) in [5.74, 6) is 0.639. The van der Waals surface area contributed by atoms with Gasteiger partial charge in [-0.05, 0) is 41.0 Å². The van der Waals surface area contributed by atoms with E-state index in [4.69, 9.17) is 0 Å². The number of pyridine rings is 2. The molecule has 3 aromatic carbocycles. The summed E-state index contributed by atoms with van der Waals surface area (Å²) < 4.78 is -0.446. The molecular weight excluding hydrogens is 681 g/mol. The summed E-state index contributed by atoms with van der Waals surface area (Å²) in [5.41, 5.74) is 5.44. The topological polar surface area (TPSA) is 110 Å². The highest BCUT2D eigenvalue weighted by molar-refractivity contribution is 8.00. The molecule has 12 heteroatoms. The maximum atomic E-state index is 13.2. The number of aromatic nitrogens is 6. The molecule has 0 bridgehead atoms. The number of nitrogens with one attached hydrogen (secondary N) is 1. The normalized spacial score (nSPS) is 10.9. The minimum atomic E-state index is -0.446. The lowest BCUT2D eigenvalue weighted by Crippen LogP contribution is -2.29. The Balaban J connectivity index is 0.000000278. The van der Waals surface area contributed by atoms with Crippen LogP contribution in [0.25, 0.3) is 21.1 Å². The number of anilines is 2. The summed E-state index contributed by atoms with van der Waals surface area (Å²) in [4.78, 5) is 23.0. The number of benzene rings is 3. The van der Waals surface area contributed by atoms with Crippen molar-refractivity contribution < 1.29 is 4.79 Å². The highest BCUT2D eigenvalue weighted by Crippen LogP contribution is 2.48. The average molecular weight is 715 g/mol. The molecule has 0 unspecified atom stereocenters. The average Bonchev–Trinajstić information content (AvgIpc) is 3.90. The maximum absolute atomic E-state index is 13.2. The molecule has 50 heavy (non-hydrogen) atoms. The van der Waals surface area contributed by atoms with E-state index in [1.165, 1.54) is 39.4 Å². The molecular formula is C38H34N8OS3. The lowest BCUT2D eigenvalue weighted by atomic mass is 9.84. The fourth-order valence-electron chi connectivity index (χ4n) is 5.22. The standard InChI is InChI=1S/C30H26N4OS2.C8H8N4S/c1-34(29-33-32-28(37-29)23-12-11-20-31-22-23)27(35)19-21-36-30(24-13-5-2-6-14-24,25-15-7-3-8-16-25)26-17-9-4-10-18-26;1-9-8-12-11-7(13-8)6-3-2-4-10-5-6/h2-18,20,22H,19,21H2,1H3;2-5H,1H3,(H,9,12). The summed E-state index contributed by atoms with van der Waals surface area (Å²) >= 11 is 4.68. The van der Waals surface area contributed by atoms with Crippen LogP contribution in [-0.2, 0) is 9.54 Å². The minimum Gasteiger partial charge on any atom is -0.363 e. The Hall–Kier alpha value is -5.30. The Kier molecular flexibility index (Phi) is 11.7. The number of carbonyl (C=O) groups is 1. The number of hydrogen-bond acceptors (Lipinski definition) is 11. The number of nitrogens with zero attached hydrogens (tertiary/aromatic N) is 7. The van der Waals surface area contributed by atoms with E-state index in [1.54, 1.807) is 48.5 Å². The van der Waals surface area contributed by atoms with Crippen molar-refractivity contribution in [3.05, 3.63) is 157 Å². The van der Waals surface area contributed by atoms with Crippen LogP contribution in [0.1, 0.15) is 23.1 Å². The van der Waals surface area contributed by atoms with Gasteiger partial charge in [-0.15, -0.1) is 32.2 Å². The van der Waals surface area contributed by atoms with Crippen LogP contribution >= 0.6 is 34.4 Å². The fourth-order valence-corrected chi connectivity index (χ4v) is 8.21. The van der Waals surface area contributed by atoms with Crippen molar-refractivity contribution >= 4 is 50.6 Å². The molecule has 0 saturated carbocycles. The second kappa shape index (κ2) is 16.9. The van der Waals surface area contributed by atoms with Crippen LogP contribution in [0.15, 0.2) is 140 Å². The zero-order chi connectivity index (χ0) is 34.6. The molecule has 0 atom stereocenters. The van der Waals surface area contributed by atoms with Gasteiger partial charge in [0.25, 0.3) is 0 Å². The van der Waals surface area contributed by atoms with Gasteiger partial charge in [0.05, 0.1) is 4.75 Å². The van der Waals surface area contributed by atoms with Gasteiger partial charge in [-0.1, -0.05) is 114 Å². The van der Waals surface area contributed by atoms with Crippen molar-refractivity contribution in [3.63, 3.8) is 0 Å². The van der Waals surface area contributed by atoms with Crippen molar-refractivity contribution in [2.45, 2.75) is 11.2 Å². The molecule has 4 heterocycles. The van der Waals surface area contributed by atoms with Gasteiger partial charge in [-0.25, -0.2) is 0 Å². The third kappa shape index (κ3) is 8.11. The molecule has 0 aliphatic carbocycles. The monoisotopic (exact) mass is 714 g/mol. The predicted octanol–water partition coefficient (Wildman–Crippen LogP) is 8.32. The molecule has 0 saturated heterocycles. The van der Waals surface area contributed by atoms with Crippen molar-refractivity contribution in [1.82, 2.24) is 30.4 Å². The number of carbonyl (C=O) groups excluding carboxylic acids is 1. The number of amides is 1. The molecule has 7 rings (SSSR count). The first kappa shape index (κ1) is 34.6. The molecule has 250 valence electrons. The van der Waals surface area contributed by atoms with Crippen LogP contribution in [-0.4, -0.2) is 56.1 Å². The first-order valence-corrected chi connectivity index (χ1v) is 18.4. The van der Waals surface area contributed by atoms with E-state index in [9.17, 15) is 4.79 Å². The van der Waals surface area contributed by atoms with Gasteiger partial charge >= 0.3 is 0 Å². The molecule has 4 aromatic heterocycles. The Morgan fingerprint density at radius 1 is 0.680 bits per heavy atom. The summed E-state index contributed by atoms with van der Waals surface area (Å²) in [5, 5.41) is 22.4. The fraction of sp³-hybridized carbons (Fsp3) is 0.132. The lowest BCUT2D eigenvalue weighted by Gasteiger charge is -2.35. The van der Waals surface area contributed by atoms with Gasteiger partial charge in [0.2, 0.25) is 16.2 Å². The van der Waals surface area contributed by atoms with Gasteiger partial charge in [-0.2, -0.15) is 0 Å². The lowest BCUT2D eigenvalue weighted by molar-refractivity contribution is -0.117. The second-order valence-corrected chi connectivity index (χ2v) is 14.1. The highest BCUT2D eigenvalue weighted by atomic mass is 32.2. The summed E-state index contributed by atoms with van der Waals surface area (Å²) in [7, 11) is 3.59. The van der Waals surface area contributed by atoms with Gasteiger partial charge in [0.1, 0.15) is 0 Å². The van der Waals surface area contributed by atoms with Crippen LogP contribution in [0, 0.1) is 0 Å². The largest absolute Gasteiger partial charge is 0.363 e. The maximum Gasteiger partial charge on any atom is 0.229 e. The Morgan fingerprint density at radius 2 is 1.18 bits per heavy atom. The first-order chi connectivity index (χ1) is 24.6. The molecule has 0 spiro atoms. The van der Waals surface area contributed by atoms with E-state index < -0.39 is 4.75 Å². The Morgan fingerprint density at radius 3 is 1.64 bits per heavy atom. The van der Waals surface area contributed by atoms with Gasteiger partial charge in [0.15, 0.2) is 10.0 Å². The SMILES string of the molecule is CN(C(=O)CCSC(c1ccccc1)(c1ccccc1)c1ccccc1)c1nnc(-c2cccnc2)s1.CNc1nnc(-c2cccnc2)s1. The molecule has 0 aliphatic rings. The smallest absolute Gasteiger partial charge is 0.229 e. The summed E-state index contributed by atoms with van der Waals surface area (Å²) in [6.45, 7) is 0. The molecule has 0 radical (unpaired) electrons. The predicted molar refractivity (Wildman–Crippen MR) is 206 cm³/mol. The quantitative estimate of drug-likeness (QED) is 0.132. The number of thioether (sulfide) groups is 1. The van der Waals surface area contributed by atoms with E-state index >= 15 is 0 Å². The molecule has 9 nitrogen and oxygen atoms in total. The third-order valence-electron chi connectivity index (χ3n) is 7.71. The Bertz CT molecular complexity index is 1970. The van der Waals surface area contributed by atoms with Crippen LogP contribution in [0.2, 0.25) is 0 Å². The van der Waals surface area contributed by atoms with E-state index in [-0.39, 0.29) is 5.91 Å². The highest BCUT2D eigenvalue weighted by Gasteiger charge is 2.37. The van der Waals surface area contributed by atoms with Crippen molar-refractivity contribution in [2.75, 3.05) is 30.1 Å². The van der Waals surface area contributed by atoms with Gasteiger partial charge < -0.3 is 5.32 Å². The molecule has 1 N–H and O–H groups in total. The molecule has 0 aliphatic heterocycles. The van der Waals surface area contributed by atoms with Crippen molar-refractivity contribution in [2.24, 2.45) is 0 Å². The van der Waals surface area contributed by atoms with Crippen molar-refractivity contribution in [1.29, 1.82) is 0 Å². The Labute approximate surface area is 303 Å². The first-order valence-electron chi connectivity index (χ1n) is 15.8. The van der Waals surface area contributed by atoms with Crippen LogP contribution in [0.4, 0.5) is 10.3 Å². The van der Waals surface area contributed by atoms with E-state index in [0.29, 0.717) is 17.3 Å². The summed E-state index contributed by atoms with van der Waals surface area (Å²) in [6.07, 6.45) is 7.36. The van der Waals surface area contributed by atoms with Crippen LogP contribution in [0.3, 0.4) is 0 Å². The zero-order valence-electron chi connectivity index (χ0n) is 27.5. The summed E-state index contributed by atoms with van der Waals surface area (Å²) in [6, 6.07) is 39.2. The number of hydrogen-bond donors (Lipinski definition) is 1. The van der Waals surface area contributed by atoms with Crippen LogP contribution < -0.4 is 10.2 Å². The third-order valence-corrected chi connectivity index (χ3v) is 11.3. The number of rotatable bonds is 11. The van der Waals surface area contributed by atoms with E-state index in [2.05, 4.69) is 108 Å². The zero-order valence-corrected chi connectivity index (χ0v) is 29.9. The second-order valence-electron chi connectivity index (χ2n) is 10.9. The van der Waals surface area contributed by atoms with E-state index in [1.807, 2.05) is 49.5 Å². The van der Waals surface area contributed by atoms with Gasteiger partial charge in [-0.3, -0.25) is 19.7 Å². The molecule has 1 amide bonds. The molecule has 7 aromatic rings. The van der Waals surface area contributed by atoms with E-state index in [0.717, 1.165) is 26.3 Å². The molecule has 0 fully saturated rings. The van der Waals surface area contributed by atoms with Crippen molar-refractivity contribution in [3.8, 4) is 21.1 Å². The minimum absolute atomic E-state index is 0.00414.